The number of carboxylic acid groups (broad SMARTS) is 1. The molecule has 0 spiro atoms. The molecular formula is C25H30N2O3. The molecule has 5 heteroatoms. The molecule has 4 rings (SSSR count). The van der Waals surface area contributed by atoms with E-state index in [4.69, 9.17) is 4.74 Å². The number of piperidine rings is 1. The van der Waals surface area contributed by atoms with Gasteiger partial charge in [0.25, 0.3) is 0 Å². The Morgan fingerprint density at radius 2 is 1.97 bits per heavy atom. The minimum absolute atomic E-state index is 0.194. The van der Waals surface area contributed by atoms with E-state index in [-0.39, 0.29) is 12.1 Å². The Bertz CT molecular complexity index is 1090. The summed E-state index contributed by atoms with van der Waals surface area (Å²) in [6.45, 7) is 8.03. The first-order chi connectivity index (χ1) is 14.4. The van der Waals surface area contributed by atoms with Crippen LogP contribution in [0.4, 0.5) is 0 Å². The van der Waals surface area contributed by atoms with Crippen LogP contribution in [0.3, 0.4) is 0 Å². The third kappa shape index (κ3) is 3.75. The van der Waals surface area contributed by atoms with Gasteiger partial charge in [0.1, 0.15) is 0 Å². The van der Waals surface area contributed by atoms with Crippen molar-refractivity contribution in [3.8, 4) is 0 Å². The quantitative estimate of drug-likeness (QED) is 0.615. The molecule has 1 aromatic heterocycles. The van der Waals surface area contributed by atoms with E-state index in [2.05, 4.69) is 35.9 Å². The molecule has 0 radical (unpaired) electrons. The number of benzene rings is 2. The molecule has 2 heterocycles. The van der Waals surface area contributed by atoms with E-state index in [9.17, 15) is 9.90 Å². The minimum atomic E-state index is -0.876. The first-order valence-electron chi connectivity index (χ1n) is 10.6. The van der Waals surface area contributed by atoms with Gasteiger partial charge >= 0.3 is 5.97 Å². The number of aromatic nitrogens is 1. The van der Waals surface area contributed by atoms with Crippen molar-refractivity contribution >= 4 is 16.9 Å². The Hall–Kier alpha value is -2.63. The summed E-state index contributed by atoms with van der Waals surface area (Å²) in [6, 6.07) is 10.4. The number of hydrogen-bond acceptors (Lipinski definition) is 3. The summed E-state index contributed by atoms with van der Waals surface area (Å²) >= 11 is 0. The molecule has 2 atom stereocenters. The maximum atomic E-state index is 11.4. The first kappa shape index (κ1) is 20.6. The normalized spacial score (nSPS) is 20.0. The highest BCUT2D eigenvalue weighted by Gasteiger charge is 2.31. The Labute approximate surface area is 177 Å². The SMILES string of the molecule is CO[C@@H]1CCN(Cc2c(C)cc(C)c3[nH]ccc23)[C@H](c2ccc(C(=O)O)c(C)c2)C1. The molecule has 1 fully saturated rings. The van der Waals surface area contributed by atoms with Gasteiger partial charge < -0.3 is 14.8 Å². The van der Waals surface area contributed by atoms with Crippen LogP contribution in [0.5, 0.6) is 0 Å². The van der Waals surface area contributed by atoms with E-state index in [1.54, 1.807) is 13.2 Å². The van der Waals surface area contributed by atoms with Crippen LogP contribution >= 0.6 is 0 Å². The van der Waals surface area contributed by atoms with Crippen molar-refractivity contribution < 1.29 is 14.6 Å². The summed E-state index contributed by atoms with van der Waals surface area (Å²) in [5.74, 6) is -0.876. The number of aromatic carboxylic acids is 1. The summed E-state index contributed by atoms with van der Waals surface area (Å²) in [4.78, 5) is 17.3. The van der Waals surface area contributed by atoms with Gasteiger partial charge in [-0.25, -0.2) is 4.79 Å². The van der Waals surface area contributed by atoms with Crippen LogP contribution in [-0.2, 0) is 11.3 Å². The molecule has 30 heavy (non-hydrogen) atoms. The molecule has 2 aromatic carbocycles. The standard InChI is InChI=1S/C25H30N2O3/c1-15-11-17(3)24-21(7-9-26-24)22(15)14-27-10-8-19(30-4)13-23(27)18-5-6-20(25(28)29)16(2)12-18/h5-7,9,11-12,19,23,26H,8,10,13-14H2,1-4H3,(H,28,29)/t19-,23+/m1/s1. The van der Waals surface area contributed by atoms with E-state index in [1.165, 1.54) is 27.6 Å². The maximum Gasteiger partial charge on any atom is 0.335 e. The number of carboxylic acids is 1. The zero-order valence-electron chi connectivity index (χ0n) is 18.2. The number of hydrogen-bond donors (Lipinski definition) is 2. The second-order valence-electron chi connectivity index (χ2n) is 8.50. The lowest BCUT2D eigenvalue weighted by atomic mass is 9.90. The second kappa shape index (κ2) is 8.25. The molecule has 0 bridgehead atoms. The number of nitrogens with zero attached hydrogens (tertiary/aromatic N) is 1. The zero-order valence-corrected chi connectivity index (χ0v) is 18.2. The highest BCUT2D eigenvalue weighted by molar-refractivity contribution is 5.89. The molecule has 1 aliphatic heterocycles. The largest absolute Gasteiger partial charge is 0.478 e. The molecule has 0 amide bonds. The number of methoxy groups -OCH3 is 1. The number of aryl methyl sites for hydroxylation is 3. The van der Waals surface area contributed by atoms with E-state index in [1.807, 2.05) is 25.3 Å². The summed E-state index contributed by atoms with van der Waals surface area (Å²) < 4.78 is 5.71. The smallest absolute Gasteiger partial charge is 0.335 e. The fraction of sp³-hybridized carbons (Fsp3) is 0.400. The molecule has 158 valence electrons. The van der Waals surface area contributed by atoms with Crippen molar-refractivity contribution in [1.82, 2.24) is 9.88 Å². The van der Waals surface area contributed by atoms with Crippen LogP contribution in [-0.4, -0.2) is 40.7 Å². The average molecular weight is 407 g/mol. The van der Waals surface area contributed by atoms with Crippen LogP contribution in [0.25, 0.3) is 10.9 Å². The number of fused-ring (bicyclic) bond motifs is 1. The molecule has 1 saturated heterocycles. The highest BCUT2D eigenvalue weighted by Crippen LogP contribution is 2.36. The minimum Gasteiger partial charge on any atom is -0.478 e. The number of carbonyl (C=O) groups is 1. The average Bonchev–Trinajstić information content (AvgIpc) is 3.21. The lowest BCUT2D eigenvalue weighted by Crippen LogP contribution is -2.39. The van der Waals surface area contributed by atoms with Gasteiger partial charge in [-0.15, -0.1) is 0 Å². The Morgan fingerprint density at radius 1 is 1.17 bits per heavy atom. The second-order valence-corrected chi connectivity index (χ2v) is 8.50. The molecule has 0 aliphatic carbocycles. The van der Waals surface area contributed by atoms with Gasteiger partial charge in [-0.1, -0.05) is 18.2 Å². The number of likely N-dealkylation sites (tertiary alicyclic amines) is 1. The number of H-pyrrole nitrogens is 1. The van der Waals surface area contributed by atoms with E-state index < -0.39 is 5.97 Å². The third-order valence-electron chi connectivity index (χ3n) is 6.60. The number of nitrogens with one attached hydrogen (secondary N) is 1. The van der Waals surface area contributed by atoms with Crippen LogP contribution in [0.15, 0.2) is 36.5 Å². The van der Waals surface area contributed by atoms with Crippen LogP contribution in [0, 0.1) is 20.8 Å². The van der Waals surface area contributed by atoms with Gasteiger partial charge in [0.2, 0.25) is 0 Å². The van der Waals surface area contributed by atoms with Gasteiger partial charge in [0.15, 0.2) is 0 Å². The van der Waals surface area contributed by atoms with Gasteiger partial charge in [0, 0.05) is 43.3 Å². The van der Waals surface area contributed by atoms with Gasteiger partial charge in [-0.2, -0.15) is 0 Å². The van der Waals surface area contributed by atoms with Crippen LogP contribution < -0.4 is 0 Å². The van der Waals surface area contributed by atoms with Gasteiger partial charge in [-0.05, 0) is 73.6 Å². The number of rotatable bonds is 5. The third-order valence-corrected chi connectivity index (χ3v) is 6.60. The van der Waals surface area contributed by atoms with E-state index in [0.29, 0.717) is 5.56 Å². The fourth-order valence-electron chi connectivity index (χ4n) is 4.92. The predicted octanol–water partition coefficient (Wildman–Crippen LogP) is 5.14. The van der Waals surface area contributed by atoms with Crippen molar-refractivity contribution in [2.75, 3.05) is 13.7 Å². The summed E-state index contributed by atoms with van der Waals surface area (Å²) in [5, 5.41) is 10.7. The van der Waals surface area contributed by atoms with E-state index >= 15 is 0 Å². The molecular weight excluding hydrogens is 376 g/mol. The summed E-state index contributed by atoms with van der Waals surface area (Å²) in [7, 11) is 1.78. The predicted molar refractivity (Wildman–Crippen MR) is 119 cm³/mol. The van der Waals surface area contributed by atoms with Crippen molar-refractivity contribution in [3.63, 3.8) is 0 Å². The van der Waals surface area contributed by atoms with Gasteiger partial charge in [-0.3, -0.25) is 4.90 Å². The zero-order chi connectivity index (χ0) is 21.4. The molecule has 3 aromatic rings. The Morgan fingerprint density at radius 3 is 2.67 bits per heavy atom. The van der Waals surface area contributed by atoms with Crippen molar-refractivity contribution in [2.45, 2.75) is 52.3 Å². The monoisotopic (exact) mass is 406 g/mol. The van der Waals surface area contributed by atoms with Crippen molar-refractivity contribution in [1.29, 1.82) is 0 Å². The maximum absolute atomic E-state index is 11.4. The molecule has 0 unspecified atom stereocenters. The van der Waals surface area contributed by atoms with Crippen LogP contribution in [0.2, 0.25) is 0 Å². The molecule has 5 nitrogen and oxygen atoms in total. The van der Waals surface area contributed by atoms with Crippen molar-refractivity contribution in [2.24, 2.45) is 0 Å². The van der Waals surface area contributed by atoms with Crippen LogP contribution in [0.1, 0.15) is 57.1 Å². The Balaban J connectivity index is 1.71. The Kier molecular flexibility index (Phi) is 5.67. The number of aromatic amines is 1. The molecule has 2 N–H and O–H groups in total. The first-order valence-corrected chi connectivity index (χ1v) is 10.6. The lowest BCUT2D eigenvalue weighted by Gasteiger charge is -2.40. The highest BCUT2D eigenvalue weighted by atomic mass is 16.5. The fourth-order valence-corrected chi connectivity index (χ4v) is 4.92. The molecule has 0 saturated carbocycles. The topological polar surface area (TPSA) is 65.6 Å². The lowest BCUT2D eigenvalue weighted by molar-refractivity contribution is 0.00689. The number of ether oxygens (including phenoxy) is 1. The summed E-state index contributed by atoms with van der Waals surface area (Å²) in [6.07, 6.45) is 4.14. The summed E-state index contributed by atoms with van der Waals surface area (Å²) in [5.41, 5.74) is 7.48. The van der Waals surface area contributed by atoms with E-state index in [0.717, 1.165) is 37.1 Å². The van der Waals surface area contributed by atoms with Gasteiger partial charge in [0.05, 0.1) is 11.7 Å². The molecule has 1 aliphatic rings. The van der Waals surface area contributed by atoms with Crippen molar-refractivity contribution in [3.05, 3.63) is 69.9 Å².